The molecule has 1 heterocycles. The summed E-state index contributed by atoms with van der Waals surface area (Å²) in [6.45, 7) is 4.69. The SMILES string of the molecule is CC(=O)COCCOCCn1c(O)cc(C)c1O. The Labute approximate surface area is 106 Å². The van der Waals surface area contributed by atoms with E-state index in [4.69, 9.17) is 9.47 Å². The molecule has 0 fully saturated rings. The van der Waals surface area contributed by atoms with Gasteiger partial charge in [0.2, 0.25) is 0 Å². The topological polar surface area (TPSA) is 80.9 Å². The van der Waals surface area contributed by atoms with Gasteiger partial charge in [0, 0.05) is 11.6 Å². The Morgan fingerprint density at radius 2 is 1.94 bits per heavy atom. The number of nitrogens with zero attached hydrogens (tertiary/aromatic N) is 1. The molecule has 102 valence electrons. The summed E-state index contributed by atoms with van der Waals surface area (Å²) < 4.78 is 11.6. The molecule has 1 aromatic rings. The maximum Gasteiger partial charge on any atom is 0.196 e. The lowest BCUT2D eigenvalue weighted by atomic mass is 10.4. The second kappa shape index (κ2) is 7.03. The molecule has 0 amide bonds. The van der Waals surface area contributed by atoms with Crippen LogP contribution in [-0.2, 0) is 20.8 Å². The van der Waals surface area contributed by atoms with Gasteiger partial charge in [-0.15, -0.1) is 0 Å². The molecule has 0 aliphatic carbocycles. The molecule has 1 aromatic heterocycles. The number of hydrogen-bond donors (Lipinski definition) is 2. The van der Waals surface area contributed by atoms with Crippen molar-refractivity contribution in [3.8, 4) is 11.8 Å². The number of aryl methyl sites for hydroxylation is 1. The molecule has 0 unspecified atom stereocenters. The van der Waals surface area contributed by atoms with Crippen LogP contribution in [-0.4, -0.2) is 47.0 Å². The number of carbonyl (C=O) groups excluding carboxylic acids is 1. The highest BCUT2D eigenvalue weighted by atomic mass is 16.5. The Morgan fingerprint density at radius 3 is 2.50 bits per heavy atom. The summed E-state index contributed by atoms with van der Waals surface area (Å²) in [5, 5.41) is 19.1. The van der Waals surface area contributed by atoms with Gasteiger partial charge in [-0.25, -0.2) is 0 Å². The number of aromatic nitrogens is 1. The van der Waals surface area contributed by atoms with Crippen LogP contribution in [0, 0.1) is 6.92 Å². The normalized spacial score (nSPS) is 10.8. The highest BCUT2D eigenvalue weighted by Crippen LogP contribution is 2.25. The van der Waals surface area contributed by atoms with Gasteiger partial charge in [-0.2, -0.15) is 0 Å². The smallest absolute Gasteiger partial charge is 0.196 e. The van der Waals surface area contributed by atoms with Crippen LogP contribution in [0.25, 0.3) is 0 Å². The molecule has 18 heavy (non-hydrogen) atoms. The Kier molecular flexibility index (Phi) is 5.67. The summed E-state index contributed by atoms with van der Waals surface area (Å²) in [4.78, 5) is 10.6. The van der Waals surface area contributed by atoms with Gasteiger partial charge in [0.25, 0.3) is 0 Å². The van der Waals surface area contributed by atoms with E-state index in [-0.39, 0.29) is 24.2 Å². The Morgan fingerprint density at radius 1 is 1.28 bits per heavy atom. The van der Waals surface area contributed by atoms with Gasteiger partial charge in [-0.1, -0.05) is 0 Å². The number of carbonyl (C=O) groups is 1. The minimum atomic E-state index is -0.0207. The fourth-order valence-electron chi connectivity index (χ4n) is 1.47. The minimum absolute atomic E-state index is 0.0152. The third kappa shape index (κ3) is 4.38. The van der Waals surface area contributed by atoms with Crippen LogP contribution >= 0.6 is 0 Å². The van der Waals surface area contributed by atoms with Crippen LogP contribution in [0.3, 0.4) is 0 Å². The van der Waals surface area contributed by atoms with Crippen LogP contribution in [0.4, 0.5) is 0 Å². The van der Waals surface area contributed by atoms with Crippen molar-refractivity contribution < 1.29 is 24.5 Å². The lowest BCUT2D eigenvalue weighted by molar-refractivity contribution is -0.121. The van der Waals surface area contributed by atoms with E-state index in [1.165, 1.54) is 17.6 Å². The van der Waals surface area contributed by atoms with Gasteiger partial charge < -0.3 is 19.7 Å². The van der Waals surface area contributed by atoms with Crippen LogP contribution in [0.15, 0.2) is 6.07 Å². The molecule has 0 radical (unpaired) electrons. The zero-order valence-corrected chi connectivity index (χ0v) is 10.7. The zero-order chi connectivity index (χ0) is 13.5. The summed E-state index contributed by atoms with van der Waals surface area (Å²) in [5.41, 5.74) is 0.622. The third-order valence-electron chi connectivity index (χ3n) is 2.37. The standard InChI is InChI=1S/C12H19NO5/c1-9-7-11(15)13(12(9)16)3-4-17-5-6-18-8-10(2)14/h7,15-16H,3-6,8H2,1-2H3. The summed E-state index contributed by atoms with van der Waals surface area (Å²) in [6, 6.07) is 1.49. The average molecular weight is 257 g/mol. The van der Waals surface area contributed by atoms with Gasteiger partial charge in [-0.05, 0) is 13.8 Å². The molecule has 0 spiro atoms. The summed E-state index contributed by atoms with van der Waals surface area (Å²) in [7, 11) is 0. The number of ketones is 1. The van der Waals surface area contributed by atoms with Gasteiger partial charge in [0.1, 0.15) is 6.61 Å². The Bertz CT molecular complexity index is 399. The van der Waals surface area contributed by atoms with Crippen molar-refractivity contribution in [2.75, 3.05) is 26.4 Å². The van der Waals surface area contributed by atoms with Gasteiger partial charge in [0.05, 0.1) is 26.4 Å². The van der Waals surface area contributed by atoms with Crippen LogP contribution in [0.2, 0.25) is 0 Å². The molecule has 6 nitrogen and oxygen atoms in total. The van der Waals surface area contributed by atoms with E-state index in [9.17, 15) is 15.0 Å². The van der Waals surface area contributed by atoms with Crippen molar-refractivity contribution in [1.29, 1.82) is 0 Å². The van der Waals surface area contributed by atoms with E-state index in [1.807, 2.05) is 0 Å². The maximum absolute atomic E-state index is 10.6. The lowest BCUT2D eigenvalue weighted by Gasteiger charge is -2.08. The Hall–Kier alpha value is -1.53. The van der Waals surface area contributed by atoms with E-state index >= 15 is 0 Å². The number of hydrogen-bond acceptors (Lipinski definition) is 5. The molecule has 0 aliphatic heterocycles. The summed E-state index contributed by atoms with van der Waals surface area (Å²) >= 11 is 0. The molecule has 0 saturated heterocycles. The highest BCUT2D eigenvalue weighted by molar-refractivity contribution is 5.76. The van der Waals surface area contributed by atoms with Crippen molar-refractivity contribution in [3.05, 3.63) is 11.6 Å². The predicted molar refractivity (Wildman–Crippen MR) is 64.8 cm³/mol. The molecule has 0 bridgehead atoms. The second-order valence-corrected chi connectivity index (χ2v) is 4.03. The summed E-state index contributed by atoms with van der Waals surface area (Å²) in [5.74, 6) is 0.0398. The lowest BCUT2D eigenvalue weighted by Crippen LogP contribution is -2.12. The van der Waals surface area contributed by atoms with Crippen molar-refractivity contribution in [3.63, 3.8) is 0 Å². The number of ether oxygens (including phenoxy) is 2. The fourth-order valence-corrected chi connectivity index (χ4v) is 1.47. The largest absolute Gasteiger partial charge is 0.494 e. The Balaban J connectivity index is 2.16. The van der Waals surface area contributed by atoms with Gasteiger partial charge in [-0.3, -0.25) is 9.36 Å². The van der Waals surface area contributed by atoms with Crippen molar-refractivity contribution >= 4 is 5.78 Å². The molecule has 2 N–H and O–H groups in total. The second-order valence-electron chi connectivity index (χ2n) is 4.03. The van der Waals surface area contributed by atoms with E-state index in [1.54, 1.807) is 6.92 Å². The van der Waals surface area contributed by atoms with E-state index in [0.29, 0.717) is 31.9 Å². The van der Waals surface area contributed by atoms with Crippen LogP contribution in [0.5, 0.6) is 11.8 Å². The monoisotopic (exact) mass is 257 g/mol. The first kappa shape index (κ1) is 14.5. The van der Waals surface area contributed by atoms with Crippen molar-refractivity contribution in [2.24, 2.45) is 0 Å². The van der Waals surface area contributed by atoms with Gasteiger partial charge >= 0.3 is 0 Å². The fraction of sp³-hybridized carbons (Fsp3) is 0.583. The average Bonchev–Trinajstić information content (AvgIpc) is 2.53. The first-order valence-corrected chi connectivity index (χ1v) is 5.75. The minimum Gasteiger partial charge on any atom is -0.494 e. The third-order valence-corrected chi connectivity index (χ3v) is 2.37. The molecule has 0 aromatic carbocycles. The van der Waals surface area contributed by atoms with E-state index < -0.39 is 0 Å². The molecule has 0 aliphatic rings. The molecule has 1 rings (SSSR count). The molecule has 0 atom stereocenters. The molecular formula is C12H19NO5. The quantitative estimate of drug-likeness (QED) is 0.674. The highest BCUT2D eigenvalue weighted by Gasteiger charge is 2.09. The van der Waals surface area contributed by atoms with E-state index in [0.717, 1.165) is 0 Å². The predicted octanol–water partition coefficient (Wildman–Crippen LogP) is 0.830. The van der Waals surface area contributed by atoms with Crippen LogP contribution < -0.4 is 0 Å². The number of Topliss-reactive ketones (excluding diaryl/α,β-unsaturated/α-hetero) is 1. The molecule has 0 saturated carbocycles. The van der Waals surface area contributed by atoms with Crippen LogP contribution in [0.1, 0.15) is 12.5 Å². The van der Waals surface area contributed by atoms with Gasteiger partial charge in [0.15, 0.2) is 17.5 Å². The number of rotatable bonds is 8. The maximum atomic E-state index is 10.6. The molecule has 6 heteroatoms. The zero-order valence-electron chi connectivity index (χ0n) is 10.7. The van der Waals surface area contributed by atoms with Crippen molar-refractivity contribution in [1.82, 2.24) is 4.57 Å². The first-order valence-electron chi connectivity index (χ1n) is 5.75. The first-order chi connectivity index (χ1) is 8.52. The molecular weight excluding hydrogens is 238 g/mol. The van der Waals surface area contributed by atoms with E-state index in [2.05, 4.69) is 0 Å². The summed E-state index contributed by atoms with van der Waals surface area (Å²) in [6.07, 6.45) is 0. The van der Waals surface area contributed by atoms with Crippen molar-refractivity contribution in [2.45, 2.75) is 20.4 Å². The number of aromatic hydroxyl groups is 2.